The number of hydrogen-bond donors (Lipinski definition) is 0. The molecule has 0 fully saturated rings. The van der Waals surface area contributed by atoms with E-state index in [0.717, 1.165) is 23.4 Å². The minimum atomic E-state index is 0.278. The Kier molecular flexibility index (Phi) is 6.44. The van der Waals surface area contributed by atoms with Gasteiger partial charge in [-0.2, -0.15) is 0 Å². The molecule has 0 amide bonds. The Labute approximate surface area is 115 Å². The van der Waals surface area contributed by atoms with Crippen LogP contribution in [0, 0.1) is 5.92 Å². The first kappa shape index (κ1) is 15.0. The zero-order valence-corrected chi connectivity index (χ0v) is 11.9. The Balaban J connectivity index is 2.85. The van der Waals surface area contributed by atoms with Crippen LogP contribution in [-0.4, -0.2) is 23.5 Å². The number of pyridine rings is 1. The Morgan fingerprint density at radius 3 is 2.63 bits per heavy atom. The van der Waals surface area contributed by atoms with Crippen LogP contribution in [0.3, 0.4) is 0 Å². The Bertz CT molecular complexity index is 484. The van der Waals surface area contributed by atoms with Crippen LogP contribution in [0.5, 0.6) is 0 Å². The van der Waals surface area contributed by atoms with Gasteiger partial charge in [-0.15, -0.1) is 0 Å². The molecule has 0 aliphatic heterocycles. The van der Waals surface area contributed by atoms with Crippen LogP contribution in [0.1, 0.15) is 25.8 Å². The largest absolute Gasteiger partial charge is 0.292 e. The van der Waals surface area contributed by atoms with E-state index in [1.54, 1.807) is 18.6 Å². The van der Waals surface area contributed by atoms with Gasteiger partial charge in [-0.1, -0.05) is 19.6 Å². The molecule has 1 heterocycles. The second-order valence-electron chi connectivity index (χ2n) is 4.25. The van der Waals surface area contributed by atoms with E-state index in [4.69, 9.17) is 0 Å². The Morgan fingerprint density at radius 1 is 1.42 bits per heavy atom. The van der Waals surface area contributed by atoms with E-state index in [1.165, 1.54) is 0 Å². The number of aliphatic imine (C=N–C) groups is 2. The van der Waals surface area contributed by atoms with Gasteiger partial charge in [0.1, 0.15) is 0 Å². The van der Waals surface area contributed by atoms with Crippen molar-refractivity contribution in [2.45, 2.75) is 20.3 Å². The maximum atomic E-state index is 4.39. The number of nitrogens with zero attached hydrogens (tertiary/aromatic N) is 3. The van der Waals surface area contributed by atoms with E-state index < -0.39 is 0 Å². The van der Waals surface area contributed by atoms with Crippen molar-refractivity contribution in [3.8, 4) is 0 Å². The lowest BCUT2D eigenvalue weighted by Crippen LogP contribution is -2.14. The summed E-state index contributed by atoms with van der Waals surface area (Å²) in [5, 5.41) is 0. The predicted molar refractivity (Wildman–Crippen MR) is 82.9 cm³/mol. The highest BCUT2D eigenvalue weighted by Gasteiger charge is 2.12. The lowest BCUT2D eigenvalue weighted by atomic mass is 9.95. The third-order valence-corrected chi connectivity index (χ3v) is 2.87. The minimum Gasteiger partial charge on any atom is -0.292 e. The molecule has 0 saturated heterocycles. The van der Waals surface area contributed by atoms with Gasteiger partial charge >= 0.3 is 0 Å². The summed E-state index contributed by atoms with van der Waals surface area (Å²) in [6.07, 6.45) is 9.92. The summed E-state index contributed by atoms with van der Waals surface area (Å²) < 4.78 is 0. The smallest absolute Gasteiger partial charge is 0.0429 e. The van der Waals surface area contributed by atoms with E-state index in [1.807, 2.05) is 38.3 Å². The maximum absolute atomic E-state index is 4.39. The molecule has 0 N–H and O–H groups in total. The molecular weight excluding hydrogens is 234 g/mol. The first-order valence-electron chi connectivity index (χ1n) is 6.40. The van der Waals surface area contributed by atoms with Gasteiger partial charge in [-0.25, -0.2) is 0 Å². The molecule has 1 aromatic rings. The molecule has 0 radical (unpaired) electrons. The molecule has 0 aliphatic rings. The molecule has 0 saturated carbocycles. The van der Waals surface area contributed by atoms with Crippen LogP contribution in [0.4, 0.5) is 0 Å². The second kappa shape index (κ2) is 8.14. The Hall–Kier alpha value is -2.03. The molecule has 0 aromatic carbocycles. The SMILES string of the molecule is C=CC(=N/C=C\C)C(C)CC(=NC)c1ccncc1. The molecule has 3 heteroatoms. The lowest BCUT2D eigenvalue weighted by Gasteiger charge is -2.13. The van der Waals surface area contributed by atoms with E-state index in [9.17, 15) is 0 Å². The van der Waals surface area contributed by atoms with Crippen molar-refractivity contribution in [3.05, 3.63) is 55.0 Å². The summed E-state index contributed by atoms with van der Waals surface area (Å²) in [4.78, 5) is 12.8. The Morgan fingerprint density at radius 2 is 2.11 bits per heavy atom. The van der Waals surface area contributed by atoms with Crippen molar-refractivity contribution in [3.63, 3.8) is 0 Å². The standard InChI is InChI=1S/C16H21N3/c1-5-9-19-15(6-2)13(3)12-16(17-4)14-7-10-18-11-8-14/h5-11,13H,2,12H2,1,3-4H3/b9-5-,17-16?,19-15?. The van der Waals surface area contributed by atoms with Crippen molar-refractivity contribution in [1.29, 1.82) is 0 Å². The van der Waals surface area contributed by atoms with Gasteiger partial charge in [0, 0.05) is 43.0 Å². The summed E-state index contributed by atoms with van der Waals surface area (Å²) in [6, 6.07) is 3.96. The van der Waals surface area contributed by atoms with Gasteiger partial charge in [0.25, 0.3) is 0 Å². The van der Waals surface area contributed by atoms with Crippen molar-refractivity contribution in [2.24, 2.45) is 15.9 Å². The van der Waals surface area contributed by atoms with Gasteiger partial charge in [-0.05, 0) is 37.1 Å². The van der Waals surface area contributed by atoms with Gasteiger partial charge < -0.3 is 0 Å². The topological polar surface area (TPSA) is 37.6 Å². The number of aromatic nitrogens is 1. The molecule has 1 aromatic heterocycles. The molecule has 3 nitrogen and oxygen atoms in total. The third-order valence-electron chi connectivity index (χ3n) is 2.87. The number of hydrogen-bond acceptors (Lipinski definition) is 3. The molecule has 100 valence electrons. The van der Waals surface area contributed by atoms with Gasteiger partial charge in [0.2, 0.25) is 0 Å². The molecule has 0 bridgehead atoms. The number of rotatable bonds is 6. The predicted octanol–water partition coefficient (Wildman–Crippen LogP) is 3.69. The van der Waals surface area contributed by atoms with E-state index >= 15 is 0 Å². The number of allylic oxidation sites excluding steroid dienone is 2. The zero-order chi connectivity index (χ0) is 14.1. The first-order chi connectivity index (χ1) is 9.22. The second-order valence-corrected chi connectivity index (χ2v) is 4.25. The summed E-state index contributed by atoms with van der Waals surface area (Å²) in [5.41, 5.74) is 3.15. The fourth-order valence-electron chi connectivity index (χ4n) is 1.82. The normalized spacial score (nSPS) is 14.7. The minimum absolute atomic E-state index is 0.278. The van der Waals surface area contributed by atoms with Crippen LogP contribution >= 0.6 is 0 Å². The molecule has 1 unspecified atom stereocenters. The molecule has 1 atom stereocenters. The third kappa shape index (κ3) is 4.62. The van der Waals surface area contributed by atoms with Crippen LogP contribution in [0.2, 0.25) is 0 Å². The fraction of sp³-hybridized carbons (Fsp3) is 0.312. The van der Waals surface area contributed by atoms with Crippen LogP contribution < -0.4 is 0 Å². The van der Waals surface area contributed by atoms with Crippen molar-refractivity contribution >= 4 is 11.4 Å². The summed E-state index contributed by atoms with van der Waals surface area (Å²) in [5.74, 6) is 0.278. The van der Waals surface area contributed by atoms with Crippen LogP contribution in [0.15, 0.2) is 59.4 Å². The van der Waals surface area contributed by atoms with Gasteiger partial charge in [-0.3, -0.25) is 15.0 Å². The van der Waals surface area contributed by atoms with E-state index in [2.05, 4.69) is 28.5 Å². The zero-order valence-electron chi connectivity index (χ0n) is 11.9. The monoisotopic (exact) mass is 255 g/mol. The van der Waals surface area contributed by atoms with Crippen molar-refractivity contribution in [2.75, 3.05) is 7.05 Å². The van der Waals surface area contributed by atoms with E-state index in [0.29, 0.717) is 0 Å². The summed E-state index contributed by atoms with van der Waals surface area (Å²) in [7, 11) is 1.82. The average Bonchev–Trinajstić information content (AvgIpc) is 2.46. The first-order valence-corrected chi connectivity index (χ1v) is 6.40. The lowest BCUT2D eigenvalue weighted by molar-refractivity contribution is 0.818. The fourth-order valence-corrected chi connectivity index (χ4v) is 1.82. The quantitative estimate of drug-likeness (QED) is 0.714. The summed E-state index contributed by atoms with van der Waals surface area (Å²) in [6.45, 7) is 7.91. The van der Waals surface area contributed by atoms with Crippen LogP contribution in [-0.2, 0) is 0 Å². The van der Waals surface area contributed by atoms with Crippen molar-refractivity contribution < 1.29 is 0 Å². The molecule has 1 rings (SSSR count). The molecule has 0 aliphatic carbocycles. The van der Waals surface area contributed by atoms with Gasteiger partial charge in [0.05, 0.1) is 0 Å². The van der Waals surface area contributed by atoms with E-state index in [-0.39, 0.29) is 5.92 Å². The average molecular weight is 255 g/mol. The highest BCUT2D eigenvalue weighted by atomic mass is 14.7. The highest BCUT2D eigenvalue weighted by molar-refractivity contribution is 6.05. The molecule has 19 heavy (non-hydrogen) atoms. The van der Waals surface area contributed by atoms with Crippen LogP contribution in [0.25, 0.3) is 0 Å². The molecule has 0 spiro atoms. The molecular formula is C16H21N3. The highest BCUT2D eigenvalue weighted by Crippen LogP contribution is 2.13. The maximum Gasteiger partial charge on any atom is 0.0429 e. The van der Waals surface area contributed by atoms with Crippen molar-refractivity contribution in [1.82, 2.24) is 4.98 Å². The summed E-state index contributed by atoms with van der Waals surface area (Å²) >= 11 is 0. The van der Waals surface area contributed by atoms with Gasteiger partial charge in [0.15, 0.2) is 0 Å².